The first kappa shape index (κ1) is 10.5. The maximum atomic E-state index is 10.9. The van der Waals surface area contributed by atoms with E-state index in [2.05, 4.69) is 11.2 Å². The fourth-order valence-corrected chi connectivity index (χ4v) is 0.571. The molecule has 0 atom stereocenters. The van der Waals surface area contributed by atoms with E-state index in [1.165, 1.54) is 6.08 Å². The van der Waals surface area contributed by atoms with E-state index >= 15 is 0 Å². The fourth-order valence-electron chi connectivity index (χ4n) is 0.571. The summed E-state index contributed by atoms with van der Waals surface area (Å²) in [4.78, 5) is 10.9. The van der Waals surface area contributed by atoms with Gasteiger partial charge in [0.1, 0.15) is 0 Å². The van der Waals surface area contributed by atoms with Crippen molar-refractivity contribution in [1.29, 1.82) is 0 Å². The summed E-state index contributed by atoms with van der Waals surface area (Å²) in [6.07, 6.45) is 12.4. The molecule has 0 aromatic carbocycles. The van der Waals surface area contributed by atoms with E-state index in [0.29, 0.717) is 13.0 Å². The number of carbonyl (C=O) groups is 1. The van der Waals surface area contributed by atoms with Gasteiger partial charge in [-0.2, -0.15) is 0 Å². The average molecular weight is 163 g/mol. The number of nitrogens with one attached hydrogen (secondary N) is 1. The van der Waals surface area contributed by atoms with Gasteiger partial charge in [-0.25, -0.2) is 0 Å². The summed E-state index contributed by atoms with van der Waals surface area (Å²) in [5, 5.41) is 2.64. The number of allylic oxidation sites excluding steroid dienone is 3. The molecule has 0 spiro atoms. The Morgan fingerprint density at radius 3 is 2.92 bits per heavy atom. The first-order valence-corrected chi connectivity index (χ1v) is 3.82. The van der Waals surface area contributed by atoms with Crippen molar-refractivity contribution in [3.8, 4) is 12.3 Å². The van der Waals surface area contributed by atoms with E-state index in [1.54, 1.807) is 12.2 Å². The van der Waals surface area contributed by atoms with Crippen LogP contribution in [0.15, 0.2) is 24.3 Å². The number of hydrogen-bond acceptors (Lipinski definition) is 1. The van der Waals surface area contributed by atoms with Crippen molar-refractivity contribution in [1.82, 2.24) is 5.32 Å². The molecule has 0 aliphatic rings. The van der Waals surface area contributed by atoms with Crippen molar-refractivity contribution in [2.24, 2.45) is 0 Å². The topological polar surface area (TPSA) is 29.1 Å². The second-order valence-electron chi connectivity index (χ2n) is 2.13. The van der Waals surface area contributed by atoms with Crippen LogP contribution in [-0.4, -0.2) is 12.5 Å². The molecule has 0 saturated heterocycles. The van der Waals surface area contributed by atoms with Gasteiger partial charge in [-0.3, -0.25) is 4.79 Å². The molecule has 0 rings (SSSR count). The molecule has 1 N–H and O–H groups in total. The molecule has 64 valence electrons. The summed E-state index contributed by atoms with van der Waals surface area (Å²) in [6, 6.07) is 0. The molecule has 2 nitrogen and oxygen atoms in total. The second-order valence-corrected chi connectivity index (χ2v) is 2.13. The summed E-state index contributed by atoms with van der Waals surface area (Å²) in [5.41, 5.74) is 0. The lowest BCUT2D eigenvalue weighted by Gasteiger charge is -1.95. The van der Waals surface area contributed by atoms with Gasteiger partial charge in [0.05, 0.1) is 0 Å². The lowest BCUT2D eigenvalue weighted by atomic mass is 10.4. The largest absolute Gasteiger partial charge is 0.352 e. The molecule has 1 amide bonds. The van der Waals surface area contributed by atoms with Gasteiger partial charge >= 0.3 is 0 Å². The Labute approximate surface area is 73.4 Å². The first-order chi connectivity index (χ1) is 5.81. The highest BCUT2D eigenvalue weighted by atomic mass is 16.1. The first-order valence-electron chi connectivity index (χ1n) is 3.82. The van der Waals surface area contributed by atoms with Gasteiger partial charge in [0.15, 0.2) is 0 Å². The minimum Gasteiger partial charge on any atom is -0.352 e. The Kier molecular flexibility index (Phi) is 6.67. The molecule has 0 aromatic rings. The average Bonchev–Trinajstić information content (AvgIpc) is 2.06. The van der Waals surface area contributed by atoms with Crippen molar-refractivity contribution >= 4 is 5.91 Å². The Hall–Kier alpha value is -1.49. The predicted octanol–water partition coefficient (Wildman–Crippen LogP) is 1.26. The van der Waals surface area contributed by atoms with E-state index in [1.807, 2.05) is 13.0 Å². The van der Waals surface area contributed by atoms with Gasteiger partial charge in [0, 0.05) is 19.0 Å². The van der Waals surface area contributed by atoms with Crippen LogP contribution in [0.25, 0.3) is 0 Å². The number of amides is 1. The number of carbonyl (C=O) groups excluding carboxylic acids is 1. The summed E-state index contributed by atoms with van der Waals surface area (Å²) in [7, 11) is 0. The summed E-state index contributed by atoms with van der Waals surface area (Å²) < 4.78 is 0. The van der Waals surface area contributed by atoms with Crippen LogP contribution in [0.4, 0.5) is 0 Å². The van der Waals surface area contributed by atoms with E-state index in [0.717, 1.165) is 0 Å². The molecule has 0 saturated carbocycles. The van der Waals surface area contributed by atoms with Crippen LogP contribution in [0, 0.1) is 12.3 Å². The van der Waals surface area contributed by atoms with Gasteiger partial charge < -0.3 is 5.32 Å². The highest BCUT2D eigenvalue weighted by molar-refractivity contribution is 5.87. The third-order valence-corrected chi connectivity index (χ3v) is 1.12. The van der Waals surface area contributed by atoms with Crippen LogP contribution in [0.1, 0.15) is 13.3 Å². The van der Waals surface area contributed by atoms with E-state index in [4.69, 9.17) is 6.42 Å². The molecule has 2 heteroatoms. The molecular weight excluding hydrogens is 150 g/mol. The third-order valence-electron chi connectivity index (χ3n) is 1.12. The fraction of sp³-hybridized carbons (Fsp3) is 0.300. The maximum Gasteiger partial charge on any atom is 0.244 e. The highest BCUT2D eigenvalue weighted by Gasteiger charge is 1.89. The number of terminal acetylenes is 1. The molecule has 0 fully saturated rings. The van der Waals surface area contributed by atoms with Crippen molar-refractivity contribution in [2.75, 3.05) is 6.54 Å². The van der Waals surface area contributed by atoms with Crippen LogP contribution in [0.5, 0.6) is 0 Å². The van der Waals surface area contributed by atoms with Crippen LogP contribution in [-0.2, 0) is 4.79 Å². The lowest BCUT2D eigenvalue weighted by molar-refractivity contribution is -0.116. The van der Waals surface area contributed by atoms with E-state index in [9.17, 15) is 4.79 Å². The standard InChI is InChI=1S/C10H13NO/c1-3-5-7-8-10(12)11-9-6-4-2/h2-3,5,7-8H,6,9H2,1H3,(H,11,12). The van der Waals surface area contributed by atoms with Gasteiger partial charge in [-0.1, -0.05) is 18.2 Å². The summed E-state index contributed by atoms with van der Waals surface area (Å²) >= 11 is 0. The lowest BCUT2D eigenvalue weighted by Crippen LogP contribution is -2.21. The van der Waals surface area contributed by atoms with Crippen LogP contribution >= 0.6 is 0 Å². The SMILES string of the molecule is C#CCCNC(=O)C=CC=CC. The van der Waals surface area contributed by atoms with Gasteiger partial charge in [0.2, 0.25) is 5.91 Å². The van der Waals surface area contributed by atoms with Crippen LogP contribution in [0.2, 0.25) is 0 Å². The van der Waals surface area contributed by atoms with Crippen molar-refractivity contribution in [2.45, 2.75) is 13.3 Å². The predicted molar refractivity (Wildman–Crippen MR) is 50.4 cm³/mol. The Bertz CT molecular complexity index is 220. The van der Waals surface area contributed by atoms with Gasteiger partial charge in [-0.15, -0.1) is 12.3 Å². The van der Waals surface area contributed by atoms with Crippen molar-refractivity contribution in [3.63, 3.8) is 0 Å². The smallest absolute Gasteiger partial charge is 0.244 e. The minimum atomic E-state index is -0.108. The Balaban J connectivity index is 3.54. The molecule has 12 heavy (non-hydrogen) atoms. The van der Waals surface area contributed by atoms with Crippen LogP contribution in [0.3, 0.4) is 0 Å². The number of hydrogen-bond donors (Lipinski definition) is 1. The molecular formula is C10H13NO. The molecule has 0 bridgehead atoms. The zero-order valence-electron chi connectivity index (χ0n) is 7.21. The van der Waals surface area contributed by atoms with Crippen molar-refractivity contribution in [3.05, 3.63) is 24.3 Å². The van der Waals surface area contributed by atoms with Crippen LogP contribution < -0.4 is 5.32 Å². The van der Waals surface area contributed by atoms with Gasteiger partial charge in [0.25, 0.3) is 0 Å². The molecule has 0 aliphatic carbocycles. The highest BCUT2D eigenvalue weighted by Crippen LogP contribution is 1.78. The number of rotatable bonds is 4. The molecule has 0 radical (unpaired) electrons. The summed E-state index contributed by atoms with van der Waals surface area (Å²) in [6.45, 7) is 2.43. The molecule has 0 unspecified atom stereocenters. The molecule has 0 heterocycles. The monoisotopic (exact) mass is 163 g/mol. The zero-order chi connectivity index (χ0) is 9.23. The van der Waals surface area contributed by atoms with Crippen molar-refractivity contribution < 1.29 is 4.79 Å². The third kappa shape index (κ3) is 6.63. The quantitative estimate of drug-likeness (QED) is 0.287. The minimum absolute atomic E-state index is 0.108. The summed E-state index contributed by atoms with van der Waals surface area (Å²) in [5.74, 6) is 2.33. The zero-order valence-corrected chi connectivity index (χ0v) is 7.21. The Morgan fingerprint density at radius 1 is 1.58 bits per heavy atom. The molecule has 0 aromatic heterocycles. The normalized spacial score (nSPS) is 10.3. The Morgan fingerprint density at radius 2 is 2.33 bits per heavy atom. The maximum absolute atomic E-state index is 10.9. The van der Waals surface area contributed by atoms with E-state index in [-0.39, 0.29) is 5.91 Å². The second kappa shape index (κ2) is 7.62. The van der Waals surface area contributed by atoms with E-state index < -0.39 is 0 Å². The van der Waals surface area contributed by atoms with Gasteiger partial charge in [-0.05, 0) is 6.92 Å². The molecule has 0 aliphatic heterocycles.